The summed E-state index contributed by atoms with van der Waals surface area (Å²) in [6.45, 7) is 2.27. The topological polar surface area (TPSA) is 120 Å². The van der Waals surface area contributed by atoms with E-state index in [1.54, 1.807) is 6.07 Å². The maximum Gasteiger partial charge on any atom is 0.343 e. The van der Waals surface area contributed by atoms with E-state index in [1.165, 1.54) is 16.7 Å². The van der Waals surface area contributed by atoms with E-state index in [4.69, 9.17) is 5.73 Å². The number of hydrogen-bond acceptors (Lipinski definition) is 6. The predicted molar refractivity (Wildman–Crippen MR) is 70.2 cm³/mol. The quantitative estimate of drug-likeness (QED) is 0.494. The number of non-ortho nitro benzene ring substituents is 1. The Morgan fingerprint density at radius 3 is 2.89 bits per heavy atom. The Bertz CT molecular complexity index is 678. The largest absolute Gasteiger partial charge is 0.398 e. The van der Waals surface area contributed by atoms with Crippen molar-refractivity contribution < 1.29 is 4.92 Å². The number of H-pyrrole nitrogens is 1. The lowest BCUT2D eigenvalue weighted by Gasteiger charge is -2.03. The van der Waals surface area contributed by atoms with E-state index in [-0.39, 0.29) is 17.1 Å². The molecule has 0 fully saturated rings. The highest BCUT2D eigenvalue weighted by molar-refractivity contribution is 7.99. The van der Waals surface area contributed by atoms with Gasteiger partial charge in [-0.3, -0.25) is 14.7 Å². The summed E-state index contributed by atoms with van der Waals surface area (Å²) >= 11 is 1.14. The Balaban J connectivity index is 2.38. The van der Waals surface area contributed by atoms with E-state index in [2.05, 4.69) is 10.2 Å². The summed E-state index contributed by atoms with van der Waals surface area (Å²) in [5, 5.41) is 17.4. The van der Waals surface area contributed by atoms with Crippen LogP contribution in [0.2, 0.25) is 0 Å². The van der Waals surface area contributed by atoms with Crippen molar-refractivity contribution in [2.24, 2.45) is 0 Å². The Labute approximate surface area is 111 Å². The first-order chi connectivity index (χ1) is 9.01. The SMILES string of the molecule is CCn1c(Sc2cc(N)cc([N+](=O)[O-])c2)n[nH]c1=O. The monoisotopic (exact) mass is 281 g/mol. The molecule has 0 unspecified atom stereocenters. The first-order valence-corrected chi connectivity index (χ1v) is 6.21. The van der Waals surface area contributed by atoms with Crippen molar-refractivity contribution in [3.05, 3.63) is 38.8 Å². The zero-order valence-electron chi connectivity index (χ0n) is 9.99. The van der Waals surface area contributed by atoms with Crippen molar-refractivity contribution >= 4 is 23.1 Å². The number of nitrogens with zero attached hydrogens (tertiary/aromatic N) is 3. The zero-order valence-corrected chi connectivity index (χ0v) is 10.8. The highest BCUT2D eigenvalue weighted by Crippen LogP contribution is 2.30. The molecule has 0 spiro atoms. The number of hydrogen-bond donors (Lipinski definition) is 2. The number of nitrogens with two attached hydrogens (primary N) is 1. The fourth-order valence-corrected chi connectivity index (χ4v) is 2.53. The third-order valence-electron chi connectivity index (χ3n) is 2.37. The van der Waals surface area contributed by atoms with Crippen LogP contribution in [0.25, 0.3) is 0 Å². The van der Waals surface area contributed by atoms with E-state index in [0.29, 0.717) is 16.6 Å². The molecule has 8 nitrogen and oxygen atoms in total. The molecule has 1 heterocycles. The molecule has 0 aliphatic heterocycles. The van der Waals surface area contributed by atoms with Crippen molar-refractivity contribution in [1.29, 1.82) is 0 Å². The van der Waals surface area contributed by atoms with Crippen molar-refractivity contribution in [1.82, 2.24) is 14.8 Å². The predicted octanol–water partition coefficient (Wildman–Crippen LogP) is 1.23. The molecule has 100 valence electrons. The summed E-state index contributed by atoms with van der Waals surface area (Å²) in [6.07, 6.45) is 0. The summed E-state index contributed by atoms with van der Waals surface area (Å²) in [6, 6.07) is 4.26. The third kappa shape index (κ3) is 2.76. The average molecular weight is 281 g/mol. The molecule has 0 radical (unpaired) electrons. The molecule has 0 atom stereocenters. The summed E-state index contributed by atoms with van der Waals surface area (Å²) < 4.78 is 1.43. The van der Waals surface area contributed by atoms with Gasteiger partial charge in [0.2, 0.25) is 0 Å². The zero-order chi connectivity index (χ0) is 14.0. The molecular formula is C10H11N5O3S. The van der Waals surface area contributed by atoms with E-state index in [9.17, 15) is 14.9 Å². The molecule has 2 rings (SSSR count). The van der Waals surface area contributed by atoms with Crippen LogP contribution in [0.15, 0.2) is 33.0 Å². The number of nitrogen functional groups attached to an aromatic ring is 1. The summed E-state index contributed by atoms with van der Waals surface area (Å²) in [4.78, 5) is 22.2. The number of anilines is 1. The molecule has 1 aromatic heterocycles. The fourth-order valence-electron chi connectivity index (χ4n) is 1.54. The number of benzene rings is 1. The molecule has 0 amide bonds. The number of aromatic amines is 1. The van der Waals surface area contributed by atoms with Gasteiger partial charge < -0.3 is 5.73 Å². The minimum atomic E-state index is -0.516. The van der Waals surface area contributed by atoms with E-state index in [0.717, 1.165) is 11.8 Å². The maximum absolute atomic E-state index is 11.4. The molecule has 0 aliphatic carbocycles. The minimum absolute atomic E-state index is 0.0940. The number of rotatable bonds is 4. The number of nitro benzene ring substituents is 1. The smallest absolute Gasteiger partial charge is 0.343 e. The molecule has 1 aromatic carbocycles. The lowest BCUT2D eigenvalue weighted by atomic mass is 10.3. The van der Waals surface area contributed by atoms with Crippen LogP contribution in [-0.4, -0.2) is 19.7 Å². The minimum Gasteiger partial charge on any atom is -0.398 e. The Hall–Kier alpha value is -2.29. The highest BCUT2D eigenvalue weighted by Gasteiger charge is 2.13. The first kappa shape index (κ1) is 13.1. The second kappa shape index (κ2) is 5.14. The van der Waals surface area contributed by atoms with Gasteiger partial charge in [0, 0.05) is 29.3 Å². The van der Waals surface area contributed by atoms with Crippen LogP contribution in [-0.2, 0) is 6.54 Å². The lowest BCUT2D eigenvalue weighted by molar-refractivity contribution is -0.385. The van der Waals surface area contributed by atoms with Gasteiger partial charge in [0.15, 0.2) is 5.16 Å². The van der Waals surface area contributed by atoms with Gasteiger partial charge in [0.25, 0.3) is 5.69 Å². The molecule has 0 bridgehead atoms. The number of aromatic nitrogens is 3. The maximum atomic E-state index is 11.4. The van der Waals surface area contributed by atoms with Gasteiger partial charge in [-0.05, 0) is 24.8 Å². The number of nitrogens with one attached hydrogen (secondary N) is 1. The summed E-state index contributed by atoms with van der Waals surface area (Å²) in [5.41, 5.74) is 5.49. The summed E-state index contributed by atoms with van der Waals surface area (Å²) in [5.74, 6) is 0. The van der Waals surface area contributed by atoms with Crippen molar-refractivity contribution in [3.8, 4) is 0 Å². The second-order valence-corrected chi connectivity index (χ2v) is 4.72. The molecule has 3 N–H and O–H groups in total. The van der Waals surface area contributed by atoms with Crippen LogP contribution in [0.4, 0.5) is 11.4 Å². The lowest BCUT2D eigenvalue weighted by Crippen LogP contribution is -2.15. The molecule has 0 saturated carbocycles. The van der Waals surface area contributed by atoms with Gasteiger partial charge in [-0.1, -0.05) is 0 Å². The Morgan fingerprint density at radius 2 is 2.26 bits per heavy atom. The highest BCUT2D eigenvalue weighted by atomic mass is 32.2. The standard InChI is InChI=1S/C10H11N5O3S/c1-2-14-9(16)12-13-10(14)19-8-4-6(11)3-7(5-8)15(17)18/h3-5H,2,11H2,1H3,(H,12,16). The average Bonchev–Trinajstić information content (AvgIpc) is 2.69. The summed E-state index contributed by atoms with van der Waals surface area (Å²) in [7, 11) is 0. The van der Waals surface area contributed by atoms with Crippen LogP contribution in [0, 0.1) is 10.1 Å². The normalized spacial score (nSPS) is 10.6. The van der Waals surface area contributed by atoms with E-state index >= 15 is 0 Å². The molecular weight excluding hydrogens is 270 g/mol. The van der Waals surface area contributed by atoms with E-state index in [1.807, 2.05) is 6.92 Å². The van der Waals surface area contributed by atoms with E-state index < -0.39 is 4.92 Å². The molecule has 0 aliphatic rings. The van der Waals surface area contributed by atoms with Crippen LogP contribution < -0.4 is 11.4 Å². The number of nitro groups is 1. The van der Waals surface area contributed by atoms with Gasteiger partial charge in [-0.15, -0.1) is 5.10 Å². The van der Waals surface area contributed by atoms with Gasteiger partial charge in [0.05, 0.1) is 4.92 Å². The van der Waals surface area contributed by atoms with Crippen LogP contribution in [0.5, 0.6) is 0 Å². The molecule has 2 aromatic rings. The van der Waals surface area contributed by atoms with Gasteiger partial charge in [-0.25, -0.2) is 9.89 Å². The van der Waals surface area contributed by atoms with Gasteiger partial charge in [-0.2, -0.15) is 0 Å². The molecule has 19 heavy (non-hydrogen) atoms. The van der Waals surface area contributed by atoms with Crippen LogP contribution in [0.1, 0.15) is 6.92 Å². The Kier molecular flexibility index (Phi) is 3.56. The van der Waals surface area contributed by atoms with Gasteiger partial charge >= 0.3 is 5.69 Å². The Morgan fingerprint density at radius 1 is 1.53 bits per heavy atom. The van der Waals surface area contributed by atoms with Crippen molar-refractivity contribution in [3.63, 3.8) is 0 Å². The van der Waals surface area contributed by atoms with Crippen LogP contribution in [0.3, 0.4) is 0 Å². The van der Waals surface area contributed by atoms with Gasteiger partial charge in [0.1, 0.15) is 0 Å². The fraction of sp³-hybridized carbons (Fsp3) is 0.200. The second-order valence-electron chi connectivity index (χ2n) is 3.68. The first-order valence-electron chi connectivity index (χ1n) is 5.39. The van der Waals surface area contributed by atoms with Crippen molar-refractivity contribution in [2.45, 2.75) is 23.5 Å². The third-order valence-corrected chi connectivity index (χ3v) is 3.34. The van der Waals surface area contributed by atoms with Crippen molar-refractivity contribution in [2.75, 3.05) is 5.73 Å². The molecule has 0 saturated heterocycles. The van der Waals surface area contributed by atoms with Crippen LogP contribution >= 0.6 is 11.8 Å². The molecule has 9 heteroatoms.